The molecule has 3 heteroatoms. The zero-order chi connectivity index (χ0) is 11.3. The molecule has 0 nitrogen and oxygen atoms in total. The molecule has 0 heterocycles. The number of rotatable bonds is 3. The van der Waals surface area contributed by atoms with Crippen molar-refractivity contribution in [2.45, 2.75) is 33.1 Å². The molecule has 0 spiro atoms. The molecule has 3 fully saturated rings. The molecule has 0 unspecified atom stereocenters. The van der Waals surface area contributed by atoms with Crippen LogP contribution in [-0.4, -0.2) is 14.3 Å². The monoisotopic (exact) mass is 361 g/mol. The van der Waals surface area contributed by atoms with E-state index in [9.17, 15) is 0 Å². The van der Waals surface area contributed by atoms with Crippen molar-refractivity contribution in [3.63, 3.8) is 0 Å². The van der Waals surface area contributed by atoms with Gasteiger partial charge in [0, 0.05) is 0 Å². The van der Waals surface area contributed by atoms with Gasteiger partial charge in [-0.25, -0.2) is 0 Å². The molecule has 0 amide bonds. The summed E-state index contributed by atoms with van der Waals surface area (Å²) in [7, 11) is 7.73. The fraction of sp³-hybridized carbons (Fsp3) is 1.00. The van der Waals surface area contributed by atoms with Crippen molar-refractivity contribution in [3.05, 3.63) is 0 Å². The van der Waals surface area contributed by atoms with Gasteiger partial charge in [0.15, 0.2) is 0 Å². The van der Waals surface area contributed by atoms with Crippen molar-refractivity contribution >= 4 is 18.8 Å². The Kier molecular flexibility index (Phi) is 3.62. The number of hydrogen-bond acceptors (Lipinski definition) is 1. The zero-order valence-corrected chi connectivity index (χ0v) is 14.0. The molecule has 0 aromatic carbocycles. The van der Waals surface area contributed by atoms with Gasteiger partial charge in [-0.1, -0.05) is 0 Å². The van der Waals surface area contributed by atoms with Crippen LogP contribution in [0.4, 0.5) is 0 Å². The van der Waals surface area contributed by atoms with Crippen molar-refractivity contribution < 1.29 is 17.0 Å². The van der Waals surface area contributed by atoms with Crippen molar-refractivity contribution in [1.29, 1.82) is 0 Å². The third-order valence-electron chi connectivity index (χ3n) is 4.73. The summed E-state index contributed by atoms with van der Waals surface area (Å²) in [6.45, 7) is 4.98. The van der Waals surface area contributed by atoms with Crippen LogP contribution in [0.3, 0.4) is 0 Å². The molecule has 0 radical (unpaired) electrons. The van der Waals surface area contributed by atoms with Crippen molar-refractivity contribution in [2.75, 3.05) is 14.3 Å². The SMILES string of the molecule is CC1(C)[C@H]2CC[C@H](C[I-](C)(C)SCl)[C@@H]1C2. The number of alkyl halides is 3. The second-order valence-corrected chi connectivity index (χ2v) is 23.8. The van der Waals surface area contributed by atoms with Crippen LogP contribution >= 0.6 is 18.8 Å². The van der Waals surface area contributed by atoms with Crippen LogP contribution in [0.25, 0.3) is 0 Å². The number of halogens is 2. The number of hydrogen-bond donors (Lipinski definition) is 0. The summed E-state index contributed by atoms with van der Waals surface area (Å²) in [6, 6.07) is 0. The van der Waals surface area contributed by atoms with Gasteiger partial charge in [-0.05, 0) is 0 Å². The molecule has 2 bridgehead atoms. The van der Waals surface area contributed by atoms with Crippen LogP contribution in [0, 0.1) is 23.2 Å². The van der Waals surface area contributed by atoms with E-state index in [4.69, 9.17) is 10.7 Å². The first-order chi connectivity index (χ1) is 6.87. The average molecular weight is 362 g/mol. The normalized spacial score (nSPS) is 39.7. The Hall–Kier alpha value is 1.37. The minimum atomic E-state index is -1.58. The van der Waals surface area contributed by atoms with E-state index >= 15 is 0 Å². The third kappa shape index (κ3) is 2.33. The van der Waals surface area contributed by atoms with Gasteiger partial charge >= 0.3 is 106 Å². The van der Waals surface area contributed by atoms with Crippen LogP contribution < -0.4 is 17.0 Å². The van der Waals surface area contributed by atoms with E-state index < -0.39 is 17.0 Å². The molecule has 0 aliphatic heterocycles. The molecule has 0 aromatic rings. The molecule has 3 aliphatic rings. The van der Waals surface area contributed by atoms with Gasteiger partial charge in [-0.2, -0.15) is 0 Å². The topological polar surface area (TPSA) is 0 Å². The zero-order valence-electron chi connectivity index (χ0n) is 10.2. The molecule has 15 heavy (non-hydrogen) atoms. The summed E-state index contributed by atoms with van der Waals surface area (Å²) in [4.78, 5) is 4.92. The predicted molar refractivity (Wildman–Crippen MR) is 68.3 cm³/mol. The molecule has 3 atom stereocenters. The Morgan fingerprint density at radius 2 is 2.00 bits per heavy atom. The van der Waals surface area contributed by atoms with E-state index in [1.54, 1.807) is 8.15 Å². The van der Waals surface area contributed by atoms with E-state index in [1.165, 1.54) is 23.7 Å². The van der Waals surface area contributed by atoms with Crippen molar-refractivity contribution in [3.8, 4) is 0 Å². The summed E-state index contributed by atoms with van der Waals surface area (Å²) < 4.78 is 1.47. The van der Waals surface area contributed by atoms with E-state index in [2.05, 4.69) is 23.7 Å². The van der Waals surface area contributed by atoms with Crippen LogP contribution in [-0.2, 0) is 0 Å². The Balaban J connectivity index is 2.00. The molecule has 92 valence electrons. The second-order valence-electron chi connectivity index (χ2n) is 6.24. The van der Waals surface area contributed by atoms with E-state index in [-0.39, 0.29) is 0 Å². The van der Waals surface area contributed by atoms with Crippen LogP contribution in [0.5, 0.6) is 0 Å². The summed E-state index contributed by atoms with van der Waals surface area (Å²) in [5, 5.41) is 0. The van der Waals surface area contributed by atoms with Crippen molar-refractivity contribution in [1.82, 2.24) is 0 Å². The quantitative estimate of drug-likeness (QED) is 0.539. The summed E-state index contributed by atoms with van der Waals surface area (Å²) in [5.74, 6) is 3.06. The Bertz CT molecular complexity index is 250. The van der Waals surface area contributed by atoms with Gasteiger partial charge in [-0.3, -0.25) is 0 Å². The van der Waals surface area contributed by atoms with Crippen LogP contribution in [0.1, 0.15) is 33.1 Å². The maximum absolute atomic E-state index is 6.04. The minimum absolute atomic E-state index is 0.650. The number of fused-ring (bicyclic) bond motifs is 2. The van der Waals surface area contributed by atoms with Crippen LogP contribution in [0.15, 0.2) is 0 Å². The van der Waals surface area contributed by atoms with Gasteiger partial charge in [0.05, 0.1) is 0 Å². The van der Waals surface area contributed by atoms with Crippen molar-refractivity contribution in [2.24, 2.45) is 23.2 Å². The Morgan fingerprint density at radius 1 is 1.33 bits per heavy atom. The standard InChI is InChI=1S/C12H23ClIS/c1-12(2)10-6-5-9(11(12)7-10)8-14(3,4)15-13/h9-11H,5-8H2,1-4H3/q-1/t9-,10+,11+/m1/s1. The molecule has 0 aromatic heterocycles. The van der Waals surface area contributed by atoms with E-state index in [1.807, 2.05) is 0 Å². The predicted octanol–water partition coefficient (Wildman–Crippen LogP) is 1.28. The average Bonchev–Trinajstić information content (AvgIpc) is 2.17. The van der Waals surface area contributed by atoms with E-state index in [0.29, 0.717) is 5.41 Å². The molecule has 0 N–H and O–H groups in total. The first kappa shape index (κ1) is 12.8. The van der Waals surface area contributed by atoms with Gasteiger partial charge in [-0.15, -0.1) is 0 Å². The first-order valence-electron chi connectivity index (χ1n) is 5.78. The second kappa shape index (κ2) is 4.24. The first-order valence-corrected chi connectivity index (χ1v) is 15.8. The third-order valence-corrected chi connectivity index (χ3v) is 18.2. The fourth-order valence-corrected chi connectivity index (χ4v) is 9.93. The molecular formula is C12H23ClIS-. The fourth-order valence-electron chi connectivity index (χ4n) is 3.65. The van der Waals surface area contributed by atoms with Gasteiger partial charge in [0.2, 0.25) is 0 Å². The van der Waals surface area contributed by atoms with Gasteiger partial charge in [0.25, 0.3) is 0 Å². The van der Waals surface area contributed by atoms with Gasteiger partial charge in [0.1, 0.15) is 0 Å². The summed E-state index contributed by atoms with van der Waals surface area (Å²) in [5.41, 5.74) is 0.650. The molecule has 3 saturated carbocycles. The maximum atomic E-state index is 6.04. The molecule has 0 saturated heterocycles. The molecular weight excluding hydrogens is 339 g/mol. The Morgan fingerprint density at radius 3 is 2.47 bits per heavy atom. The Labute approximate surface area is 106 Å². The molecule has 3 aliphatic carbocycles. The van der Waals surface area contributed by atoms with E-state index in [0.717, 1.165) is 17.8 Å². The summed E-state index contributed by atoms with van der Waals surface area (Å²) >= 11 is -1.58. The molecule has 3 rings (SSSR count). The summed E-state index contributed by atoms with van der Waals surface area (Å²) in [6.07, 6.45) is 4.49. The van der Waals surface area contributed by atoms with Crippen LogP contribution in [0.2, 0.25) is 0 Å². The van der Waals surface area contributed by atoms with Gasteiger partial charge < -0.3 is 0 Å².